The molecule has 0 unspecified atom stereocenters. The number of hydrogen-bond donors (Lipinski definition) is 1. The lowest BCUT2D eigenvalue weighted by Crippen LogP contribution is -2.48. The lowest BCUT2D eigenvalue weighted by molar-refractivity contribution is 0.0765. The number of hydrogen-bond acceptors (Lipinski definition) is 4. The summed E-state index contributed by atoms with van der Waals surface area (Å²) >= 11 is 5.85. The van der Waals surface area contributed by atoms with Crippen molar-refractivity contribution in [3.63, 3.8) is 0 Å². The highest BCUT2D eigenvalue weighted by Crippen LogP contribution is 2.13. The van der Waals surface area contributed by atoms with Gasteiger partial charge in [0, 0.05) is 49.9 Å². The van der Waals surface area contributed by atoms with Gasteiger partial charge in [-0.1, -0.05) is 18.5 Å². The minimum atomic E-state index is -3.34. The predicted molar refractivity (Wildman–Crippen MR) is 95.9 cm³/mol. The third-order valence-corrected chi connectivity index (χ3v) is 6.06. The van der Waals surface area contributed by atoms with E-state index < -0.39 is 10.0 Å². The predicted octanol–water partition coefficient (Wildman–Crippen LogP) is 1.43. The maximum absolute atomic E-state index is 12.6. The van der Waals surface area contributed by atoms with Crippen molar-refractivity contribution in [1.82, 2.24) is 14.5 Å². The second kappa shape index (κ2) is 8.80. The maximum atomic E-state index is 12.6. The van der Waals surface area contributed by atoms with E-state index in [1.54, 1.807) is 29.2 Å². The van der Waals surface area contributed by atoms with Crippen molar-refractivity contribution in [2.24, 2.45) is 0 Å². The van der Waals surface area contributed by atoms with Crippen LogP contribution < -0.4 is 5.32 Å². The Kier molecular flexibility index (Phi) is 7.03. The molecule has 0 spiro atoms. The topological polar surface area (TPSA) is 69.7 Å². The van der Waals surface area contributed by atoms with Crippen molar-refractivity contribution in [1.29, 1.82) is 0 Å². The number of carbonyl (C=O) groups is 1. The largest absolute Gasteiger partial charge is 0.338 e. The molecule has 0 aliphatic carbocycles. The van der Waals surface area contributed by atoms with Crippen LogP contribution in [0.3, 0.4) is 0 Å². The molecular formula is C16H24ClN3O3S. The first kappa shape index (κ1) is 19.2. The molecule has 8 heteroatoms. The number of nitrogens with one attached hydrogen (secondary N) is 1. The zero-order valence-electron chi connectivity index (χ0n) is 13.9. The van der Waals surface area contributed by atoms with Crippen LogP contribution in [0.1, 0.15) is 23.7 Å². The van der Waals surface area contributed by atoms with Crippen LogP contribution >= 0.6 is 11.6 Å². The van der Waals surface area contributed by atoms with Gasteiger partial charge in [0.25, 0.3) is 5.91 Å². The first-order valence-electron chi connectivity index (χ1n) is 8.17. The molecule has 1 aliphatic rings. The van der Waals surface area contributed by atoms with Gasteiger partial charge >= 0.3 is 0 Å². The highest BCUT2D eigenvalue weighted by Gasteiger charge is 2.25. The highest BCUT2D eigenvalue weighted by molar-refractivity contribution is 7.89. The Labute approximate surface area is 148 Å². The molecule has 2 rings (SSSR count). The van der Waals surface area contributed by atoms with E-state index in [-0.39, 0.29) is 18.2 Å². The fourth-order valence-electron chi connectivity index (χ4n) is 2.64. The summed E-state index contributed by atoms with van der Waals surface area (Å²) in [6.45, 7) is 5.00. The molecule has 1 aromatic carbocycles. The highest BCUT2D eigenvalue weighted by atomic mass is 35.5. The van der Waals surface area contributed by atoms with Crippen LogP contribution in [0.4, 0.5) is 0 Å². The molecule has 1 saturated heterocycles. The van der Waals surface area contributed by atoms with E-state index in [4.69, 9.17) is 11.6 Å². The molecule has 1 N–H and O–H groups in total. The fraction of sp³-hybridized carbons (Fsp3) is 0.562. The molecule has 0 atom stereocenters. The number of sulfonamides is 1. The van der Waals surface area contributed by atoms with E-state index in [0.717, 1.165) is 6.42 Å². The standard InChI is InChI=1S/C16H24ClN3O3S/c1-2-9-19(16(21)14-3-5-15(17)6-4-14)12-13-24(22,23)20-10-7-18-8-11-20/h3-6,18H,2,7-13H2,1H3. The van der Waals surface area contributed by atoms with Gasteiger partial charge in [0.05, 0.1) is 5.75 Å². The normalized spacial score (nSPS) is 16.1. The van der Waals surface area contributed by atoms with E-state index >= 15 is 0 Å². The SMILES string of the molecule is CCCN(CCS(=O)(=O)N1CCNCC1)C(=O)c1ccc(Cl)cc1. The molecule has 0 bridgehead atoms. The van der Waals surface area contributed by atoms with Gasteiger partial charge in [0.1, 0.15) is 0 Å². The van der Waals surface area contributed by atoms with Crippen molar-refractivity contribution in [2.75, 3.05) is 45.0 Å². The van der Waals surface area contributed by atoms with E-state index in [2.05, 4.69) is 5.32 Å². The molecule has 134 valence electrons. The summed E-state index contributed by atoms with van der Waals surface area (Å²) in [6.07, 6.45) is 0.771. The molecule has 0 aromatic heterocycles. The molecule has 1 heterocycles. The monoisotopic (exact) mass is 373 g/mol. The van der Waals surface area contributed by atoms with Crippen molar-refractivity contribution in [2.45, 2.75) is 13.3 Å². The van der Waals surface area contributed by atoms with Gasteiger partial charge in [0.15, 0.2) is 0 Å². The van der Waals surface area contributed by atoms with Gasteiger partial charge in [-0.25, -0.2) is 8.42 Å². The zero-order chi connectivity index (χ0) is 17.6. The number of nitrogens with zero attached hydrogens (tertiary/aromatic N) is 2. The van der Waals surface area contributed by atoms with E-state index in [0.29, 0.717) is 43.3 Å². The Hall–Kier alpha value is -1.15. The van der Waals surface area contributed by atoms with Gasteiger partial charge in [0.2, 0.25) is 10.0 Å². The molecule has 0 saturated carbocycles. The second-order valence-corrected chi connectivity index (χ2v) is 8.29. The third kappa shape index (κ3) is 5.17. The van der Waals surface area contributed by atoms with Crippen LogP contribution in [0.2, 0.25) is 5.02 Å². The zero-order valence-corrected chi connectivity index (χ0v) is 15.4. The van der Waals surface area contributed by atoms with Gasteiger partial charge < -0.3 is 10.2 Å². The molecule has 1 aliphatic heterocycles. The molecule has 24 heavy (non-hydrogen) atoms. The van der Waals surface area contributed by atoms with E-state index in [9.17, 15) is 13.2 Å². The Morgan fingerprint density at radius 1 is 1.21 bits per heavy atom. The van der Waals surface area contributed by atoms with Gasteiger partial charge in [-0.2, -0.15) is 4.31 Å². The van der Waals surface area contributed by atoms with Crippen LogP contribution in [-0.2, 0) is 10.0 Å². The average molecular weight is 374 g/mol. The summed E-state index contributed by atoms with van der Waals surface area (Å²) in [6, 6.07) is 6.66. The number of halogens is 1. The van der Waals surface area contributed by atoms with Crippen molar-refractivity contribution in [3.05, 3.63) is 34.9 Å². The summed E-state index contributed by atoms with van der Waals surface area (Å²) in [5, 5.41) is 3.70. The minimum absolute atomic E-state index is 0.0493. The summed E-state index contributed by atoms with van der Waals surface area (Å²) in [5.41, 5.74) is 0.521. The van der Waals surface area contributed by atoms with Crippen molar-refractivity contribution in [3.8, 4) is 0 Å². The number of benzene rings is 1. The van der Waals surface area contributed by atoms with Crippen LogP contribution in [0.5, 0.6) is 0 Å². The molecule has 1 aromatic rings. The molecule has 1 fully saturated rings. The summed E-state index contributed by atoms with van der Waals surface area (Å²) < 4.78 is 26.4. The lowest BCUT2D eigenvalue weighted by Gasteiger charge is -2.28. The molecular weight excluding hydrogens is 350 g/mol. The van der Waals surface area contributed by atoms with Crippen LogP contribution in [0.25, 0.3) is 0 Å². The molecule has 1 amide bonds. The molecule has 6 nitrogen and oxygen atoms in total. The average Bonchev–Trinajstić information content (AvgIpc) is 2.59. The van der Waals surface area contributed by atoms with Crippen molar-refractivity contribution < 1.29 is 13.2 Å². The van der Waals surface area contributed by atoms with Gasteiger partial charge in [-0.05, 0) is 30.7 Å². The van der Waals surface area contributed by atoms with Gasteiger partial charge in [-0.3, -0.25) is 4.79 Å². The molecule has 0 radical (unpaired) electrons. The fourth-order valence-corrected chi connectivity index (χ4v) is 4.21. The van der Waals surface area contributed by atoms with E-state index in [1.165, 1.54) is 4.31 Å². The Bertz CT molecular complexity index is 643. The van der Waals surface area contributed by atoms with Crippen LogP contribution in [0, 0.1) is 0 Å². The summed E-state index contributed by atoms with van der Waals surface area (Å²) in [4.78, 5) is 14.2. The number of amides is 1. The van der Waals surface area contributed by atoms with Crippen LogP contribution in [0.15, 0.2) is 24.3 Å². The Morgan fingerprint density at radius 2 is 1.83 bits per heavy atom. The second-order valence-electron chi connectivity index (χ2n) is 5.76. The first-order valence-corrected chi connectivity index (χ1v) is 10.2. The summed E-state index contributed by atoms with van der Waals surface area (Å²) in [7, 11) is -3.34. The Balaban J connectivity index is 2.02. The van der Waals surface area contributed by atoms with E-state index in [1.807, 2.05) is 6.92 Å². The number of piperazine rings is 1. The van der Waals surface area contributed by atoms with Crippen LogP contribution in [-0.4, -0.2) is 68.6 Å². The lowest BCUT2D eigenvalue weighted by atomic mass is 10.2. The number of carbonyl (C=O) groups excluding carboxylic acids is 1. The Morgan fingerprint density at radius 3 is 2.42 bits per heavy atom. The third-order valence-electron chi connectivity index (χ3n) is 3.96. The van der Waals surface area contributed by atoms with Gasteiger partial charge in [-0.15, -0.1) is 0 Å². The first-order chi connectivity index (χ1) is 11.4. The van der Waals surface area contributed by atoms with Crippen molar-refractivity contribution >= 4 is 27.5 Å². The minimum Gasteiger partial charge on any atom is -0.338 e. The summed E-state index contributed by atoms with van der Waals surface area (Å²) in [5.74, 6) is -0.212. The number of rotatable bonds is 7. The smallest absolute Gasteiger partial charge is 0.253 e. The maximum Gasteiger partial charge on any atom is 0.253 e. The quantitative estimate of drug-likeness (QED) is 0.785.